The van der Waals surface area contributed by atoms with Crippen LogP contribution in [0.15, 0.2) is 12.1 Å². The van der Waals surface area contributed by atoms with Crippen LogP contribution in [0.4, 0.5) is 19.3 Å². The molecule has 0 aromatic heterocycles. The maximum Gasteiger partial charge on any atom is 0.319 e. The summed E-state index contributed by atoms with van der Waals surface area (Å²) in [5, 5.41) is 14.4. The van der Waals surface area contributed by atoms with Gasteiger partial charge in [0.25, 0.3) is 0 Å². The number of hydrogen-bond acceptors (Lipinski definition) is 2. The fourth-order valence-corrected chi connectivity index (χ4v) is 4.10. The minimum atomic E-state index is -0.924. The molecule has 120 valence electrons. The summed E-state index contributed by atoms with van der Waals surface area (Å²) in [5.41, 5.74) is -0.246. The number of rotatable bonds is 3. The van der Waals surface area contributed by atoms with Gasteiger partial charge in [0.2, 0.25) is 0 Å². The molecule has 0 radical (unpaired) electrons. The molecule has 22 heavy (non-hydrogen) atoms. The molecule has 2 bridgehead atoms. The van der Waals surface area contributed by atoms with E-state index in [0.29, 0.717) is 17.9 Å². The number of anilines is 1. The number of hydrogen-bond donors (Lipinski definition) is 3. The average molecular weight is 331 g/mol. The first-order valence-corrected chi connectivity index (χ1v) is 7.70. The highest BCUT2D eigenvalue weighted by molar-refractivity contribution is 6.33. The SMILES string of the molecule is O=C(Nc1c(F)cc(F)cc1Cl)NC1C2CCC(C2)C1CO. The van der Waals surface area contributed by atoms with Crippen molar-refractivity contribution >= 4 is 23.3 Å². The zero-order chi connectivity index (χ0) is 15.9. The van der Waals surface area contributed by atoms with E-state index in [1.54, 1.807) is 0 Å². The first-order valence-electron chi connectivity index (χ1n) is 7.32. The lowest BCUT2D eigenvalue weighted by atomic mass is 9.85. The lowest BCUT2D eigenvalue weighted by Gasteiger charge is -2.30. The van der Waals surface area contributed by atoms with Crippen molar-refractivity contribution in [1.29, 1.82) is 0 Å². The quantitative estimate of drug-likeness (QED) is 0.797. The van der Waals surface area contributed by atoms with E-state index in [-0.39, 0.29) is 29.3 Å². The molecule has 4 nitrogen and oxygen atoms in total. The molecule has 0 saturated heterocycles. The molecule has 2 fully saturated rings. The Kier molecular flexibility index (Phi) is 4.23. The number of aliphatic hydroxyl groups is 1. The minimum absolute atomic E-state index is 0.0256. The molecular weight excluding hydrogens is 314 g/mol. The number of fused-ring (bicyclic) bond motifs is 2. The molecule has 1 aromatic rings. The smallest absolute Gasteiger partial charge is 0.319 e. The Morgan fingerprint density at radius 1 is 1.32 bits per heavy atom. The van der Waals surface area contributed by atoms with Gasteiger partial charge in [-0.25, -0.2) is 13.6 Å². The molecule has 3 N–H and O–H groups in total. The number of carbonyl (C=O) groups excluding carboxylic acids is 1. The van der Waals surface area contributed by atoms with Crippen molar-refractivity contribution in [3.63, 3.8) is 0 Å². The summed E-state index contributed by atoms with van der Waals surface area (Å²) in [6.07, 6.45) is 3.10. The number of aliphatic hydroxyl groups excluding tert-OH is 1. The van der Waals surface area contributed by atoms with Gasteiger partial charge in [-0.1, -0.05) is 11.6 Å². The summed E-state index contributed by atoms with van der Waals surface area (Å²) in [4.78, 5) is 12.1. The number of amides is 2. The predicted molar refractivity (Wildman–Crippen MR) is 78.7 cm³/mol. The van der Waals surface area contributed by atoms with Gasteiger partial charge in [0, 0.05) is 24.6 Å². The summed E-state index contributed by atoms with van der Waals surface area (Å²) >= 11 is 5.75. The second-order valence-electron chi connectivity index (χ2n) is 6.05. The zero-order valence-corrected chi connectivity index (χ0v) is 12.5. The van der Waals surface area contributed by atoms with Crippen molar-refractivity contribution in [3.8, 4) is 0 Å². The molecule has 2 aliphatic rings. The molecule has 4 atom stereocenters. The Morgan fingerprint density at radius 3 is 2.73 bits per heavy atom. The van der Waals surface area contributed by atoms with Crippen molar-refractivity contribution < 1.29 is 18.7 Å². The fourth-order valence-electron chi connectivity index (χ4n) is 3.86. The van der Waals surface area contributed by atoms with Crippen LogP contribution in [-0.4, -0.2) is 23.8 Å². The third-order valence-corrected chi connectivity index (χ3v) is 5.14. The molecule has 3 rings (SSSR count). The molecule has 0 spiro atoms. The van der Waals surface area contributed by atoms with Gasteiger partial charge >= 0.3 is 6.03 Å². The Hall–Kier alpha value is -1.40. The highest BCUT2D eigenvalue weighted by Gasteiger charge is 2.47. The fraction of sp³-hybridized carbons (Fsp3) is 0.533. The Balaban J connectivity index is 1.68. The van der Waals surface area contributed by atoms with Crippen LogP contribution in [-0.2, 0) is 0 Å². The Morgan fingerprint density at radius 2 is 2.05 bits per heavy atom. The molecule has 2 amide bonds. The summed E-state index contributed by atoms with van der Waals surface area (Å²) in [6, 6.07) is 0.888. The van der Waals surface area contributed by atoms with Crippen molar-refractivity contribution in [1.82, 2.24) is 5.32 Å². The third kappa shape index (κ3) is 2.77. The number of carbonyl (C=O) groups is 1. The average Bonchev–Trinajstić information content (AvgIpc) is 3.03. The molecule has 4 unspecified atom stereocenters. The maximum absolute atomic E-state index is 13.7. The van der Waals surface area contributed by atoms with Crippen LogP contribution >= 0.6 is 11.6 Å². The molecule has 0 heterocycles. The Labute approximate surface area is 131 Å². The summed E-state index contributed by atoms with van der Waals surface area (Å²) < 4.78 is 26.7. The highest BCUT2D eigenvalue weighted by atomic mass is 35.5. The van der Waals surface area contributed by atoms with Gasteiger partial charge in [0.05, 0.1) is 10.7 Å². The standard InChI is InChI=1S/C15H17ClF2N2O2/c16-11-4-9(17)5-12(18)14(11)20-15(22)19-13-8-2-1-7(3-8)10(13)6-21/h4-5,7-8,10,13,21H,1-3,6H2,(H2,19,20,22). The minimum Gasteiger partial charge on any atom is -0.396 e. The molecule has 7 heteroatoms. The maximum atomic E-state index is 13.7. The van der Waals surface area contributed by atoms with Crippen LogP contribution < -0.4 is 10.6 Å². The van der Waals surface area contributed by atoms with Crippen molar-refractivity contribution in [3.05, 3.63) is 28.8 Å². The highest BCUT2D eigenvalue weighted by Crippen LogP contribution is 2.48. The third-order valence-electron chi connectivity index (χ3n) is 4.84. The van der Waals surface area contributed by atoms with E-state index in [1.807, 2.05) is 0 Å². The zero-order valence-electron chi connectivity index (χ0n) is 11.8. The Bertz CT molecular complexity index is 576. The molecule has 2 saturated carbocycles. The number of halogens is 3. The normalized spacial score (nSPS) is 29.6. The van der Waals surface area contributed by atoms with Crippen LogP contribution in [0.2, 0.25) is 5.02 Å². The van der Waals surface area contributed by atoms with Gasteiger partial charge < -0.3 is 15.7 Å². The van der Waals surface area contributed by atoms with Crippen molar-refractivity contribution in [2.45, 2.75) is 25.3 Å². The predicted octanol–water partition coefficient (Wildman–Crippen LogP) is 3.15. The number of nitrogens with one attached hydrogen (secondary N) is 2. The largest absolute Gasteiger partial charge is 0.396 e. The van der Waals surface area contributed by atoms with Crippen LogP contribution in [0.1, 0.15) is 19.3 Å². The van der Waals surface area contributed by atoms with E-state index in [1.165, 1.54) is 0 Å². The lowest BCUT2D eigenvalue weighted by Crippen LogP contribution is -2.47. The number of benzene rings is 1. The summed E-state index contributed by atoms with van der Waals surface area (Å²) in [5.74, 6) is -0.903. The second-order valence-corrected chi connectivity index (χ2v) is 6.46. The monoisotopic (exact) mass is 330 g/mol. The van der Waals surface area contributed by atoms with Gasteiger partial charge in [-0.05, 0) is 37.2 Å². The molecule has 2 aliphatic carbocycles. The molecular formula is C15H17ClF2N2O2. The van der Waals surface area contributed by atoms with E-state index in [4.69, 9.17) is 11.6 Å². The van der Waals surface area contributed by atoms with Crippen LogP contribution in [0, 0.1) is 29.4 Å². The molecule has 1 aromatic carbocycles. The van der Waals surface area contributed by atoms with Gasteiger partial charge in [0.15, 0.2) is 5.82 Å². The van der Waals surface area contributed by atoms with E-state index in [9.17, 15) is 18.7 Å². The van der Waals surface area contributed by atoms with E-state index < -0.39 is 17.7 Å². The van der Waals surface area contributed by atoms with E-state index in [0.717, 1.165) is 25.3 Å². The van der Waals surface area contributed by atoms with Gasteiger partial charge in [-0.15, -0.1) is 0 Å². The first-order chi connectivity index (χ1) is 10.5. The summed E-state index contributed by atoms with van der Waals surface area (Å²) in [7, 11) is 0. The summed E-state index contributed by atoms with van der Waals surface area (Å²) in [6.45, 7) is 0.0256. The van der Waals surface area contributed by atoms with Crippen molar-refractivity contribution in [2.24, 2.45) is 17.8 Å². The second kappa shape index (κ2) is 6.01. The van der Waals surface area contributed by atoms with E-state index in [2.05, 4.69) is 10.6 Å². The van der Waals surface area contributed by atoms with Crippen LogP contribution in [0.25, 0.3) is 0 Å². The van der Waals surface area contributed by atoms with Crippen molar-refractivity contribution in [2.75, 3.05) is 11.9 Å². The van der Waals surface area contributed by atoms with Gasteiger partial charge in [0.1, 0.15) is 5.82 Å². The topological polar surface area (TPSA) is 61.4 Å². The molecule has 0 aliphatic heterocycles. The first kappa shape index (κ1) is 15.5. The van der Waals surface area contributed by atoms with Crippen LogP contribution in [0.3, 0.4) is 0 Å². The van der Waals surface area contributed by atoms with Gasteiger partial charge in [-0.2, -0.15) is 0 Å². The number of urea groups is 1. The van der Waals surface area contributed by atoms with Gasteiger partial charge in [-0.3, -0.25) is 0 Å². The van der Waals surface area contributed by atoms with E-state index >= 15 is 0 Å². The van der Waals surface area contributed by atoms with Crippen LogP contribution in [0.5, 0.6) is 0 Å². The lowest BCUT2D eigenvalue weighted by molar-refractivity contribution is 0.146.